The summed E-state index contributed by atoms with van der Waals surface area (Å²) < 4.78 is 6.58. The van der Waals surface area contributed by atoms with Gasteiger partial charge in [0.2, 0.25) is 0 Å². The first-order valence-corrected chi connectivity index (χ1v) is 5.93. The summed E-state index contributed by atoms with van der Waals surface area (Å²) in [5.74, 6) is 0.555. The molecule has 3 aromatic rings. The Morgan fingerprint density at radius 2 is 1.68 bits per heavy atom. The van der Waals surface area contributed by atoms with Crippen molar-refractivity contribution in [3.63, 3.8) is 0 Å². The van der Waals surface area contributed by atoms with Crippen molar-refractivity contribution in [2.45, 2.75) is 0 Å². The molecule has 0 fully saturated rings. The van der Waals surface area contributed by atoms with Crippen molar-refractivity contribution in [2.75, 3.05) is 14.2 Å². The maximum Gasteiger partial charge on any atom is 0.295 e. The summed E-state index contributed by atoms with van der Waals surface area (Å²) >= 11 is 0. The van der Waals surface area contributed by atoms with E-state index in [1.165, 1.54) is 11.8 Å². The van der Waals surface area contributed by atoms with Crippen molar-refractivity contribution in [2.24, 2.45) is 0 Å². The Bertz CT molecular complexity index is 821. The molecule has 0 aliphatic carbocycles. The second-order valence-corrected chi connectivity index (χ2v) is 4.18. The van der Waals surface area contributed by atoms with Crippen LogP contribution in [0.15, 0.2) is 47.3 Å². The van der Waals surface area contributed by atoms with Crippen molar-refractivity contribution in [3.05, 3.63) is 52.8 Å². The first kappa shape index (κ1) is 11.6. The molecule has 3 rings (SSSR count). The van der Waals surface area contributed by atoms with Crippen LogP contribution < -0.4 is 15.1 Å². The lowest BCUT2D eigenvalue weighted by Crippen LogP contribution is -2.25. The number of rotatable bonds is 2. The smallest absolute Gasteiger partial charge is 0.295 e. The van der Waals surface area contributed by atoms with Crippen molar-refractivity contribution in [3.8, 4) is 5.75 Å². The Labute approximate surface area is 109 Å². The summed E-state index contributed by atoms with van der Waals surface area (Å²) in [6.45, 7) is 0. The minimum Gasteiger partial charge on any atom is -0.496 e. The van der Waals surface area contributed by atoms with Crippen LogP contribution in [0.3, 0.4) is 0 Å². The molecular weight excluding hydrogens is 242 g/mol. The zero-order chi connectivity index (χ0) is 13.4. The van der Waals surface area contributed by atoms with E-state index in [1.54, 1.807) is 13.2 Å². The van der Waals surface area contributed by atoms with Crippen LogP contribution in [0.1, 0.15) is 0 Å². The second kappa shape index (κ2) is 4.31. The van der Waals surface area contributed by atoms with Gasteiger partial charge in [0.25, 0.3) is 5.56 Å². The Morgan fingerprint density at radius 3 is 2.42 bits per heavy atom. The largest absolute Gasteiger partial charge is 0.496 e. The summed E-state index contributed by atoms with van der Waals surface area (Å²) in [5, 5.41) is 2.36. The Hall–Kier alpha value is -2.49. The number of hydrogen-bond acceptors (Lipinski definition) is 3. The van der Waals surface area contributed by atoms with Crippen LogP contribution in [-0.2, 0) is 0 Å². The number of hydrogen-bond donors (Lipinski definition) is 0. The standard InChI is InChI=1S/C15H13NO3/c1-18-13-9-5-7-11-10-6-3-4-8-12(10)16(19-2)15(17)14(11)13/h3-9H,1-2H3. The average molecular weight is 255 g/mol. The molecule has 0 amide bonds. The molecule has 19 heavy (non-hydrogen) atoms. The lowest BCUT2D eigenvalue weighted by molar-refractivity contribution is 0.170. The summed E-state index contributed by atoms with van der Waals surface area (Å²) in [6, 6.07) is 13.2. The first-order chi connectivity index (χ1) is 9.27. The molecule has 0 atom stereocenters. The van der Waals surface area contributed by atoms with Crippen LogP contribution in [0.4, 0.5) is 0 Å². The van der Waals surface area contributed by atoms with Gasteiger partial charge in [0.05, 0.1) is 18.0 Å². The molecule has 0 aliphatic heterocycles. The molecule has 0 saturated carbocycles. The molecule has 0 bridgehead atoms. The maximum absolute atomic E-state index is 12.5. The molecule has 1 aromatic heterocycles. The first-order valence-electron chi connectivity index (χ1n) is 5.93. The van der Waals surface area contributed by atoms with Gasteiger partial charge in [-0.3, -0.25) is 4.79 Å². The minimum atomic E-state index is -0.214. The normalized spacial score (nSPS) is 10.8. The molecule has 4 nitrogen and oxygen atoms in total. The molecule has 0 spiro atoms. The van der Waals surface area contributed by atoms with Crippen LogP contribution >= 0.6 is 0 Å². The topological polar surface area (TPSA) is 40.5 Å². The summed E-state index contributed by atoms with van der Waals surface area (Å²) in [5.41, 5.74) is 0.532. The maximum atomic E-state index is 12.5. The van der Waals surface area contributed by atoms with Crippen molar-refractivity contribution in [1.29, 1.82) is 0 Å². The highest BCUT2D eigenvalue weighted by Gasteiger charge is 2.13. The van der Waals surface area contributed by atoms with E-state index in [1.807, 2.05) is 36.4 Å². The average Bonchev–Trinajstić information content (AvgIpc) is 2.47. The highest BCUT2D eigenvalue weighted by atomic mass is 16.6. The minimum absolute atomic E-state index is 0.214. The number of methoxy groups -OCH3 is 1. The predicted molar refractivity (Wildman–Crippen MR) is 74.8 cm³/mol. The number of fused-ring (bicyclic) bond motifs is 3. The van der Waals surface area contributed by atoms with E-state index >= 15 is 0 Å². The van der Waals surface area contributed by atoms with Gasteiger partial charge in [0.15, 0.2) is 0 Å². The summed E-state index contributed by atoms with van der Waals surface area (Å²) in [4.78, 5) is 17.7. The van der Waals surface area contributed by atoms with Gasteiger partial charge in [-0.1, -0.05) is 30.3 Å². The van der Waals surface area contributed by atoms with Gasteiger partial charge in [-0.15, -0.1) is 4.73 Å². The van der Waals surface area contributed by atoms with E-state index in [4.69, 9.17) is 9.57 Å². The van der Waals surface area contributed by atoms with Crippen molar-refractivity contribution < 1.29 is 9.57 Å². The number of para-hydroxylation sites is 1. The molecule has 4 heteroatoms. The van der Waals surface area contributed by atoms with Gasteiger partial charge in [-0.2, -0.15) is 0 Å². The van der Waals surface area contributed by atoms with Crippen LogP contribution in [0.25, 0.3) is 21.7 Å². The number of ether oxygens (including phenoxy) is 1. The Morgan fingerprint density at radius 1 is 0.947 bits per heavy atom. The molecular formula is C15H13NO3. The van der Waals surface area contributed by atoms with Crippen LogP contribution in [0.5, 0.6) is 5.75 Å². The summed E-state index contributed by atoms with van der Waals surface area (Å²) in [7, 11) is 3.04. The zero-order valence-electron chi connectivity index (χ0n) is 10.7. The van der Waals surface area contributed by atoms with Crippen molar-refractivity contribution >= 4 is 21.7 Å². The van der Waals surface area contributed by atoms with Gasteiger partial charge >= 0.3 is 0 Å². The molecule has 0 saturated heterocycles. The third-order valence-electron chi connectivity index (χ3n) is 3.24. The fourth-order valence-electron chi connectivity index (χ4n) is 2.42. The van der Waals surface area contributed by atoms with E-state index in [9.17, 15) is 4.79 Å². The quantitative estimate of drug-likeness (QED) is 0.659. The van der Waals surface area contributed by atoms with Gasteiger partial charge in [0.1, 0.15) is 12.9 Å². The van der Waals surface area contributed by atoms with Crippen LogP contribution in [0.2, 0.25) is 0 Å². The third kappa shape index (κ3) is 1.57. The van der Waals surface area contributed by atoms with Crippen molar-refractivity contribution in [1.82, 2.24) is 4.73 Å². The molecule has 0 aliphatic rings. The Balaban J connectivity index is 2.66. The number of pyridine rings is 1. The van der Waals surface area contributed by atoms with Gasteiger partial charge in [-0.05, 0) is 12.1 Å². The van der Waals surface area contributed by atoms with Crippen LogP contribution in [0, 0.1) is 0 Å². The molecule has 2 aromatic carbocycles. The van der Waals surface area contributed by atoms with Crippen LogP contribution in [-0.4, -0.2) is 19.0 Å². The zero-order valence-corrected chi connectivity index (χ0v) is 10.7. The van der Waals surface area contributed by atoms with E-state index < -0.39 is 0 Å². The molecule has 0 radical (unpaired) electrons. The second-order valence-electron chi connectivity index (χ2n) is 4.18. The fraction of sp³-hybridized carbons (Fsp3) is 0.133. The highest BCUT2D eigenvalue weighted by Crippen LogP contribution is 2.28. The molecule has 0 N–H and O–H groups in total. The molecule has 96 valence electrons. The van der Waals surface area contributed by atoms with E-state index in [0.717, 1.165) is 16.3 Å². The van der Waals surface area contributed by atoms with Gasteiger partial charge in [-0.25, -0.2) is 0 Å². The lowest BCUT2D eigenvalue weighted by atomic mass is 10.1. The lowest BCUT2D eigenvalue weighted by Gasteiger charge is -2.12. The number of nitrogens with zero attached hydrogens (tertiary/aromatic N) is 1. The third-order valence-corrected chi connectivity index (χ3v) is 3.24. The SMILES string of the molecule is COc1cccc2c1c(=O)n(OC)c1ccccc21. The summed E-state index contributed by atoms with van der Waals surface area (Å²) in [6.07, 6.45) is 0. The van der Waals surface area contributed by atoms with E-state index in [-0.39, 0.29) is 5.56 Å². The van der Waals surface area contributed by atoms with E-state index in [2.05, 4.69) is 0 Å². The number of aromatic nitrogens is 1. The highest BCUT2D eigenvalue weighted by molar-refractivity contribution is 6.07. The van der Waals surface area contributed by atoms with Gasteiger partial charge < -0.3 is 9.57 Å². The van der Waals surface area contributed by atoms with Gasteiger partial charge in [0, 0.05) is 10.8 Å². The predicted octanol–water partition coefficient (Wildman–Crippen LogP) is 2.22. The van der Waals surface area contributed by atoms with E-state index in [0.29, 0.717) is 11.1 Å². The fourth-order valence-corrected chi connectivity index (χ4v) is 2.42. The molecule has 1 heterocycles. The number of benzene rings is 2. The molecule has 0 unspecified atom stereocenters. The monoisotopic (exact) mass is 255 g/mol. The Kier molecular flexibility index (Phi) is 2.63.